The van der Waals surface area contributed by atoms with Gasteiger partial charge in [0.1, 0.15) is 15.0 Å². The molecule has 4 rings (SSSR count). The zero-order valence-corrected chi connectivity index (χ0v) is 19.4. The molecule has 0 aliphatic rings. The Hall–Kier alpha value is -2.32. The minimum absolute atomic E-state index is 0.0123. The number of nitrogens with zero attached hydrogens (tertiary/aromatic N) is 4. The van der Waals surface area contributed by atoms with E-state index in [1.54, 1.807) is 0 Å². The highest BCUT2D eigenvalue weighted by atomic mass is 32.1. The average Bonchev–Trinajstić information content (AvgIpc) is 3.49. The maximum atomic E-state index is 13.7. The van der Waals surface area contributed by atoms with E-state index in [2.05, 4.69) is 19.9 Å². The third kappa shape index (κ3) is 5.07. The summed E-state index contributed by atoms with van der Waals surface area (Å²) in [5.74, 6) is 0. The lowest BCUT2D eigenvalue weighted by atomic mass is 10.3. The zero-order valence-electron chi connectivity index (χ0n) is 16.1. The molecule has 0 aliphatic heterocycles. The number of halogens is 12. The lowest BCUT2D eigenvalue weighted by molar-refractivity contribution is -0.141. The number of thiazole rings is 4. The molecular weight excluding hydrogens is 604 g/mol. The first-order valence-electron chi connectivity index (χ1n) is 8.58. The molecule has 0 saturated carbocycles. The van der Waals surface area contributed by atoms with E-state index in [1.807, 2.05) is 0 Å². The highest BCUT2D eigenvalue weighted by Crippen LogP contribution is 2.51. The first-order valence-corrected chi connectivity index (χ1v) is 12.0. The van der Waals surface area contributed by atoms with Gasteiger partial charge in [-0.1, -0.05) is 0 Å². The van der Waals surface area contributed by atoms with Crippen LogP contribution in [0.25, 0.3) is 29.7 Å². The van der Waals surface area contributed by atoms with Crippen LogP contribution in [0.3, 0.4) is 0 Å². The Morgan fingerprint density at radius 1 is 0.500 bits per heavy atom. The highest BCUT2D eigenvalue weighted by Gasteiger charge is 2.44. The van der Waals surface area contributed by atoms with Crippen molar-refractivity contribution in [3.8, 4) is 29.7 Å². The van der Waals surface area contributed by atoms with Crippen molar-refractivity contribution >= 4 is 45.3 Å². The van der Waals surface area contributed by atoms with Gasteiger partial charge in [-0.2, -0.15) is 52.7 Å². The molecule has 0 atom stereocenters. The molecule has 0 fully saturated rings. The molecule has 0 saturated heterocycles. The van der Waals surface area contributed by atoms with Crippen molar-refractivity contribution < 1.29 is 52.7 Å². The van der Waals surface area contributed by atoms with Crippen LogP contribution in [-0.2, 0) is 24.7 Å². The molecule has 0 radical (unpaired) electrons. The molecule has 0 bridgehead atoms. The van der Waals surface area contributed by atoms with Gasteiger partial charge < -0.3 is 0 Å². The molecule has 36 heavy (non-hydrogen) atoms. The molecular formula is C16H2F12N4S4. The maximum Gasteiger partial charge on any atom is 0.434 e. The van der Waals surface area contributed by atoms with Gasteiger partial charge in [-0.05, 0) is 0 Å². The molecule has 0 N–H and O–H groups in total. The number of rotatable bonds is 3. The van der Waals surface area contributed by atoms with Crippen molar-refractivity contribution in [1.82, 2.24) is 19.9 Å². The summed E-state index contributed by atoms with van der Waals surface area (Å²) >= 11 is 0.409. The topological polar surface area (TPSA) is 51.6 Å². The van der Waals surface area contributed by atoms with E-state index in [9.17, 15) is 52.7 Å². The fraction of sp³-hybridized carbons (Fsp3) is 0.250. The summed E-state index contributed by atoms with van der Waals surface area (Å²) in [5, 5.41) is -2.18. The first kappa shape index (κ1) is 26.7. The van der Waals surface area contributed by atoms with Gasteiger partial charge in [-0.25, -0.2) is 19.9 Å². The monoisotopic (exact) mass is 606 g/mol. The summed E-state index contributed by atoms with van der Waals surface area (Å²) in [4.78, 5) is 9.64. The molecule has 20 heteroatoms. The van der Waals surface area contributed by atoms with Crippen LogP contribution < -0.4 is 0 Å². The molecule has 4 heterocycles. The van der Waals surface area contributed by atoms with Crippen molar-refractivity contribution in [2.24, 2.45) is 0 Å². The molecule has 0 unspecified atom stereocenters. The molecule has 4 aromatic heterocycles. The lowest BCUT2D eigenvalue weighted by Gasteiger charge is -2.04. The summed E-state index contributed by atoms with van der Waals surface area (Å²) in [6, 6.07) is 0. The Morgan fingerprint density at radius 3 is 1.42 bits per heavy atom. The third-order valence-corrected chi connectivity index (χ3v) is 8.24. The van der Waals surface area contributed by atoms with Crippen molar-refractivity contribution in [3.05, 3.63) is 33.7 Å². The summed E-state index contributed by atoms with van der Waals surface area (Å²) < 4.78 is 160. The second-order valence-electron chi connectivity index (χ2n) is 6.45. The number of hydrogen-bond donors (Lipinski definition) is 0. The minimum Gasteiger partial charge on any atom is -0.239 e. The largest absolute Gasteiger partial charge is 0.434 e. The summed E-state index contributed by atoms with van der Waals surface area (Å²) in [6.07, 6.45) is -20.7. The Balaban J connectivity index is 1.92. The molecule has 4 nitrogen and oxygen atoms in total. The van der Waals surface area contributed by atoms with Gasteiger partial charge >= 0.3 is 24.7 Å². The summed E-state index contributed by atoms with van der Waals surface area (Å²) in [7, 11) is 0. The maximum absolute atomic E-state index is 13.7. The predicted molar refractivity (Wildman–Crippen MR) is 105 cm³/mol. The Kier molecular flexibility index (Phi) is 6.40. The second-order valence-corrected chi connectivity index (χ2v) is 10.2. The van der Waals surface area contributed by atoms with Crippen LogP contribution in [0.15, 0.2) is 10.9 Å². The van der Waals surface area contributed by atoms with Gasteiger partial charge in [0.05, 0.1) is 20.1 Å². The van der Waals surface area contributed by atoms with Gasteiger partial charge in [0, 0.05) is 5.38 Å². The minimum atomic E-state index is -5.32. The van der Waals surface area contributed by atoms with E-state index in [0.717, 1.165) is 0 Å². The Labute approximate surface area is 205 Å². The zero-order chi connectivity index (χ0) is 26.8. The summed E-state index contributed by atoms with van der Waals surface area (Å²) in [6.45, 7) is 0. The molecule has 0 aliphatic carbocycles. The van der Waals surface area contributed by atoms with Gasteiger partial charge in [-0.15, -0.1) is 45.3 Å². The average molecular weight is 606 g/mol. The normalized spacial score (nSPS) is 13.6. The van der Waals surface area contributed by atoms with Crippen LogP contribution >= 0.6 is 45.3 Å². The van der Waals surface area contributed by atoms with E-state index >= 15 is 0 Å². The van der Waals surface area contributed by atoms with Crippen LogP contribution in [0, 0.1) is 0 Å². The molecule has 0 aromatic carbocycles. The van der Waals surface area contributed by atoms with Crippen LogP contribution in [0.1, 0.15) is 22.8 Å². The van der Waals surface area contributed by atoms with Gasteiger partial charge in [0.2, 0.25) is 0 Å². The SMILES string of the molecule is FC(F)(F)c1csc(-c2sc(-c3sc(-c4scnc4C(F)(F)F)nc3C(F)(F)F)nc2C(F)(F)F)n1. The van der Waals surface area contributed by atoms with Crippen LogP contribution in [0.5, 0.6) is 0 Å². The number of alkyl halides is 12. The lowest BCUT2D eigenvalue weighted by Crippen LogP contribution is -2.09. The van der Waals surface area contributed by atoms with Crippen molar-refractivity contribution in [2.45, 2.75) is 24.7 Å². The van der Waals surface area contributed by atoms with E-state index in [0.29, 0.717) is 22.2 Å². The number of aromatic nitrogens is 4. The third-order valence-electron chi connectivity index (χ3n) is 4.00. The van der Waals surface area contributed by atoms with Crippen LogP contribution in [0.4, 0.5) is 52.7 Å². The van der Waals surface area contributed by atoms with Crippen molar-refractivity contribution in [1.29, 1.82) is 0 Å². The van der Waals surface area contributed by atoms with E-state index < -0.39 is 77.1 Å². The second kappa shape index (κ2) is 8.62. The van der Waals surface area contributed by atoms with Crippen LogP contribution in [-0.4, -0.2) is 19.9 Å². The van der Waals surface area contributed by atoms with Crippen molar-refractivity contribution in [2.75, 3.05) is 0 Å². The predicted octanol–water partition coefficient (Wildman–Crippen LogP) is 8.59. The van der Waals surface area contributed by atoms with Gasteiger partial charge in [-0.3, -0.25) is 0 Å². The van der Waals surface area contributed by atoms with Crippen LogP contribution in [0.2, 0.25) is 0 Å². The molecule has 4 aromatic rings. The van der Waals surface area contributed by atoms with E-state index in [-0.39, 0.29) is 34.0 Å². The van der Waals surface area contributed by atoms with Gasteiger partial charge in [0.25, 0.3) is 0 Å². The smallest absolute Gasteiger partial charge is 0.239 e. The van der Waals surface area contributed by atoms with Gasteiger partial charge in [0.15, 0.2) is 22.8 Å². The molecule has 0 amide bonds. The molecule has 0 spiro atoms. The number of hydrogen-bond acceptors (Lipinski definition) is 8. The van der Waals surface area contributed by atoms with E-state index in [4.69, 9.17) is 0 Å². The first-order chi connectivity index (χ1) is 16.4. The quantitative estimate of drug-likeness (QED) is 0.219. The Morgan fingerprint density at radius 2 is 0.972 bits per heavy atom. The molecule has 194 valence electrons. The fourth-order valence-corrected chi connectivity index (χ4v) is 6.68. The highest BCUT2D eigenvalue weighted by molar-refractivity contribution is 7.27. The van der Waals surface area contributed by atoms with Crippen molar-refractivity contribution in [3.63, 3.8) is 0 Å². The standard InChI is InChI=1S/C16H2F12N4S4/c17-13(18,19)3-1-33-10(30-3)5-8(15(23,24)25)32-12(35-5)6-9(16(26,27)28)31-11(36-6)4-7(14(20,21)22)29-2-34-4/h1-2H. The summed E-state index contributed by atoms with van der Waals surface area (Å²) in [5.41, 5.74) is -5.97. The van der Waals surface area contributed by atoms with E-state index in [1.165, 1.54) is 0 Å². The Bertz CT molecular complexity index is 1400. The fourth-order valence-electron chi connectivity index (χ4n) is 2.62.